The average Bonchev–Trinajstić information content (AvgIpc) is 2.96. The van der Waals surface area contributed by atoms with E-state index in [-0.39, 0.29) is 5.91 Å². The highest BCUT2D eigenvalue weighted by atomic mass is 16.5. The third kappa shape index (κ3) is 3.30. The molecule has 0 aliphatic heterocycles. The topological polar surface area (TPSA) is 56.1 Å². The van der Waals surface area contributed by atoms with Crippen LogP contribution in [-0.4, -0.2) is 22.8 Å². The van der Waals surface area contributed by atoms with Crippen molar-refractivity contribution in [3.63, 3.8) is 0 Å². The maximum Gasteiger partial charge on any atom is 0.256 e. The van der Waals surface area contributed by atoms with Crippen LogP contribution in [0.3, 0.4) is 0 Å². The lowest BCUT2D eigenvalue weighted by atomic mass is 10.1. The quantitative estimate of drug-likeness (QED) is 0.798. The summed E-state index contributed by atoms with van der Waals surface area (Å²) in [6.45, 7) is 2.04. The van der Waals surface area contributed by atoms with E-state index in [1.807, 2.05) is 37.3 Å². The molecular weight excluding hydrogens is 302 g/mol. The van der Waals surface area contributed by atoms with Crippen molar-refractivity contribution in [2.75, 3.05) is 12.4 Å². The molecule has 1 N–H and O–H groups in total. The molecule has 3 aromatic rings. The van der Waals surface area contributed by atoms with Gasteiger partial charge in [0.1, 0.15) is 11.6 Å². The zero-order chi connectivity index (χ0) is 17.1. The number of hydrogen-bond donors (Lipinski definition) is 1. The van der Waals surface area contributed by atoms with E-state index in [2.05, 4.69) is 10.4 Å². The number of methoxy groups -OCH3 is 1. The second-order valence-corrected chi connectivity index (χ2v) is 5.59. The highest BCUT2D eigenvalue weighted by Gasteiger charge is 2.12. The Hall–Kier alpha value is -3.08. The summed E-state index contributed by atoms with van der Waals surface area (Å²) >= 11 is 0. The minimum atomic E-state index is -0.184. The zero-order valence-corrected chi connectivity index (χ0v) is 13.9. The van der Waals surface area contributed by atoms with Crippen LogP contribution in [0.4, 0.5) is 5.82 Å². The Bertz CT molecular complexity index is 849. The van der Waals surface area contributed by atoms with Gasteiger partial charge in [-0.2, -0.15) is 5.10 Å². The summed E-state index contributed by atoms with van der Waals surface area (Å²) in [5.74, 6) is 1.18. The Balaban J connectivity index is 1.79. The minimum absolute atomic E-state index is 0.184. The molecule has 1 heterocycles. The van der Waals surface area contributed by atoms with E-state index in [1.54, 1.807) is 43.1 Å². The summed E-state index contributed by atoms with van der Waals surface area (Å²) in [4.78, 5) is 12.4. The minimum Gasteiger partial charge on any atom is -0.497 e. The first kappa shape index (κ1) is 15.8. The highest BCUT2D eigenvalue weighted by Crippen LogP contribution is 2.22. The fraction of sp³-hybridized carbons (Fsp3) is 0.158. The predicted molar refractivity (Wildman–Crippen MR) is 94.3 cm³/mol. The molecule has 122 valence electrons. The van der Waals surface area contributed by atoms with E-state index < -0.39 is 0 Å². The number of amides is 1. The van der Waals surface area contributed by atoms with Gasteiger partial charge < -0.3 is 10.1 Å². The molecule has 24 heavy (non-hydrogen) atoms. The Morgan fingerprint density at radius 3 is 2.38 bits per heavy atom. The van der Waals surface area contributed by atoms with Gasteiger partial charge in [0.05, 0.1) is 12.8 Å². The molecule has 0 saturated carbocycles. The maximum absolute atomic E-state index is 12.4. The van der Waals surface area contributed by atoms with E-state index in [4.69, 9.17) is 4.74 Å². The van der Waals surface area contributed by atoms with Gasteiger partial charge in [-0.05, 0) is 31.2 Å². The molecule has 2 aromatic carbocycles. The Kier molecular flexibility index (Phi) is 4.33. The molecule has 0 spiro atoms. The summed E-state index contributed by atoms with van der Waals surface area (Å²) < 4.78 is 6.76. The van der Waals surface area contributed by atoms with Crippen LogP contribution in [0.5, 0.6) is 5.75 Å². The number of aromatic nitrogens is 2. The monoisotopic (exact) mass is 321 g/mol. The Labute approximate surface area is 140 Å². The smallest absolute Gasteiger partial charge is 0.256 e. The van der Waals surface area contributed by atoms with Crippen LogP contribution >= 0.6 is 0 Å². The number of ether oxygens (including phenoxy) is 1. The number of rotatable bonds is 4. The molecule has 0 atom stereocenters. The van der Waals surface area contributed by atoms with Crippen molar-refractivity contribution in [1.29, 1.82) is 0 Å². The maximum atomic E-state index is 12.4. The second kappa shape index (κ2) is 6.58. The first-order valence-electron chi connectivity index (χ1n) is 7.63. The van der Waals surface area contributed by atoms with Crippen molar-refractivity contribution >= 4 is 11.7 Å². The fourth-order valence-electron chi connectivity index (χ4n) is 2.38. The molecule has 3 rings (SSSR count). The van der Waals surface area contributed by atoms with Crippen LogP contribution < -0.4 is 10.1 Å². The number of nitrogens with zero attached hydrogens (tertiary/aromatic N) is 2. The lowest BCUT2D eigenvalue weighted by molar-refractivity contribution is 0.102. The molecule has 5 heteroatoms. The number of carbonyl (C=O) groups excluding carboxylic acids is 1. The molecule has 5 nitrogen and oxygen atoms in total. The summed E-state index contributed by atoms with van der Waals surface area (Å²) in [6, 6.07) is 17.0. The van der Waals surface area contributed by atoms with Gasteiger partial charge in [-0.15, -0.1) is 0 Å². The van der Waals surface area contributed by atoms with Crippen LogP contribution in [0.2, 0.25) is 0 Å². The molecule has 1 amide bonds. The first-order valence-corrected chi connectivity index (χ1v) is 7.63. The number of nitrogens with one attached hydrogen (secondary N) is 1. The van der Waals surface area contributed by atoms with Crippen molar-refractivity contribution in [2.24, 2.45) is 7.05 Å². The molecular formula is C19H19N3O2. The summed E-state index contributed by atoms with van der Waals surface area (Å²) in [5, 5.41) is 7.35. The lowest BCUT2D eigenvalue weighted by Gasteiger charge is -2.05. The molecule has 0 aliphatic carbocycles. The van der Waals surface area contributed by atoms with Crippen LogP contribution in [0.25, 0.3) is 11.3 Å². The summed E-state index contributed by atoms with van der Waals surface area (Å²) in [7, 11) is 3.40. The number of anilines is 1. The van der Waals surface area contributed by atoms with E-state index in [9.17, 15) is 4.79 Å². The van der Waals surface area contributed by atoms with Crippen LogP contribution in [0.1, 0.15) is 15.9 Å². The third-order valence-electron chi connectivity index (χ3n) is 3.82. The highest BCUT2D eigenvalue weighted by molar-refractivity contribution is 6.04. The molecule has 0 unspecified atom stereocenters. The molecule has 0 bridgehead atoms. The van der Waals surface area contributed by atoms with Gasteiger partial charge in [0.25, 0.3) is 5.91 Å². The molecule has 0 radical (unpaired) electrons. The number of aryl methyl sites for hydroxylation is 2. The van der Waals surface area contributed by atoms with Crippen LogP contribution in [0.15, 0.2) is 54.6 Å². The largest absolute Gasteiger partial charge is 0.497 e. The molecule has 0 fully saturated rings. The third-order valence-corrected chi connectivity index (χ3v) is 3.82. The first-order chi connectivity index (χ1) is 11.6. The van der Waals surface area contributed by atoms with Crippen molar-refractivity contribution in [3.05, 3.63) is 65.7 Å². The Morgan fingerprint density at radius 2 is 1.75 bits per heavy atom. The molecule has 1 aromatic heterocycles. The van der Waals surface area contributed by atoms with Gasteiger partial charge in [0.2, 0.25) is 0 Å². The van der Waals surface area contributed by atoms with Gasteiger partial charge in [-0.3, -0.25) is 9.48 Å². The van der Waals surface area contributed by atoms with E-state index in [0.29, 0.717) is 17.1 Å². The summed E-state index contributed by atoms with van der Waals surface area (Å²) in [5.41, 5.74) is 3.60. The number of benzene rings is 2. The van der Waals surface area contributed by atoms with Crippen molar-refractivity contribution in [2.45, 2.75) is 6.92 Å². The summed E-state index contributed by atoms with van der Waals surface area (Å²) in [6.07, 6.45) is 0. The van der Waals surface area contributed by atoms with E-state index in [0.717, 1.165) is 11.3 Å². The number of carbonyl (C=O) groups is 1. The molecule has 0 aliphatic rings. The molecule has 0 saturated heterocycles. The van der Waals surface area contributed by atoms with Crippen LogP contribution in [0, 0.1) is 6.92 Å². The number of hydrogen-bond acceptors (Lipinski definition) is 3. The van der Waals surface area contributed by atoms with Crippen molar-refractivity contribution in [3.8, 4) is 17.0 Å². The second-order valence-electron chi connectivity index (χ2n) is 5.59. The van der Waals surface area contributed by atoms with Crippen molar-refractivity contribution < 1.29 is 9.53 Å². The van der Waals surface area contributed by atoms with Gasteiger partial charge in [-0.1, -0.05) is 29.8 Å². The zero-order valence-electron chi connectivity index (χ0n) is 13.9. The van der Waals surface area contributed by atoms with Gasteiger partial charge in [-0.25, -0.2) is 0 Å². The Morgan fingerprint density at radius 1 is 1.08 bits per heavy atom. The van der Waals surface area contributed by atoms with Crippen LogP contribution in [-0.2, 0) is 7.05 Å². The lowest BCUT2D eigenvalue weighted by Crippen LogP contribution is -2.14. The van der Waals surface area contributed by atoms with Gasteiger partial charge >= 0.3 is 0 Å². The standard InChI is InChI=1S/C19H19N3O2/c1-13-4-6-14(7-5-13)17-12-18(22(2)21-17)20-19(23)15-8-10-16(24-3)11-9-15/h4-12H,1-3H3,(H,20,23). The van der Waals surface area contributed by atoms with Gasteiger partial charge in [0.15, 0.2) is 0 Å². The van der Waals surface area contributed by atoms with Crippen molar-refractivity contribution in [1.82, 2.24) is 9.78 Å². The predicted octanol–water partition coefficient (Wildman–Crippen LogP) is 3.66. The van der Waals surface area contributed by atoms with E-state index in [1.165, 1.54) is 5.56 Å². The van der Waals surface area contributed by atoms with E-state index >= 15 is 0 Å². The van der Waals surface area contributed by atoms with Gasteiger partial charge in [0, 0.05) is 24.2 Å². The normalized spacial score (nSPS) is 10.5. The fourth-order valence-corrected chi connectivity index (χ4v) is 2.38. The average molecular weight is 321 g/mol. The SMILES string of the molecule is COc1ccc(C(=O)Nc2cc(-c3ccc(C)cc3)nn2C)cc1.